The molecule has 3 rings (SSSR count). The van der Waals surface area contributed by atoms with E-state index in [0.717, 1.165) is 6.54 Å². The van der Waals surface area contributed by atoms with Crippen molar-refractivity contribution in [2.45, 2.75) is 50.4 Å². The van der Waals surface area contributed by atoms with Gasteiger partial charge in [0.2, 0.25) is 0 Å². The summed E-state index contributed by atoms with van der Waals surface area (Å²) in [6.45, 7) is 1.00. The van der Waals surface area contributed by atoms with Crippen molar-refractivity contribution >= 4 is 0 Å². The van der Waals surface area contributed by atoms with Crippen LogP contribution in [0.5, 0.6) is 0 Å². The zero-order valence-electron chi connectivity index (χ0n) is 9.55. The number of fused-ring (bicyclic) bond motifs is 2. The summed E-state index contributed by atoms with van der Waals surface area (Å²) in [7, 11) is 0. The maximum absolute atomic E-state index is 6.07. The summed E-state index contributed by atoms with van der Waals surface area (Å²) in [6.07, 6.45) is 6.87. The minimum Gasteiger partial charge on any atom is -0.328 e. The molecule has 3 heterocycles. The van der Waals surface area contributed by atoms with E-state index in [9.17, 15) is 0 Å². The Morgan fingerprint density at radius 2 is 2.00 bits per heavy atom. The molecule has 2 N–H and O–H groups in total. The molecule has 16 heavy (non-hydrogen) atoms. The summed E-state index contributed by atoms with van der Waals surface area (Å²) in [5.41, 5.74) is 7.26. The molecule has 1 aromatic heterocycles. The van der Waals surface area contributed by atoms with Crippen LogP contribution in [-0.2, 0) is 6.54 Å². The number of nitrogens with two attached hydrogens (primary N) is 1. The van der Waals surface area contributed by atoms with Gasteiger partial charge in [0, 0.05) is 30.9 Å². The van der Waals surface area contributed by atoms with Crippen molar-refractivity contribution in [2.24, 2.45) is 5.73 Å². The van der Waals surface area contributed by atoms with Crippen LogP contribution in [0, 0.1) is 0 Å². The van der Waals surface area contributed by atoms with E-state index in [4.69, 9.17) is 5.73 Å². The number of hydrogen-bond donors (Lipinski definition) is 1. The van der Waals surface area contributed by atoms with Gasteiger partial charge in [-0.25, -0.2) is 0 Å². The monoisotopic (exact) mass is 217 g/mol. The Kier molecular flexibility index (Phi) is 2.65. The first kappa shape index (κ1) is 10.2. The predicted octanol–water partition coefficient (Wildman–Crippen LogP) is 1.54. The summed E-state index contributed by atoms with van der Waals surface area (Å²) in [5, 5.41) is 0. The van der Waals surface area contributed by atoms with Gasteiger partial charge in [-0.05, 0) is 37.8 Å². The molecule has 0 radical (unpaired) electrons. The molecule has 2 saturated heterocycles. The van der Waals surface area contributed by atoms with Crippen LogP contribution in [0.25, 0.3) is 0 Å². The molecule has 0 aromatic carbocycles. The van der Waals surface area contributed by atoms with Crippen LogP contribution < -0.4 is 5.73 Å². The van der Waals surface area contributed by atoms with Gasteiger partial charge in [0.1, 0.15) is 0 Å². The lowest BCUT2D eigenvalue weighted by molar-refractivity contribution is 0.118. The zero-order valence-corrected chi connectivity index (χ0v) is 9.55. The minimum absolute atomic E-state index is 0.428. The normalized spacial score (nSPS) is 34.2. The third kappa shape index (κ3) is 1.85. The van der Waals surface area contributed by atoms with Gasteiger partial charge in [0.15, 0.2) is 0 Å². The maximum Gasteiger partial charge on any atom is 0.0544 e. The standard InChI is InChI=1S/C13H19N3/c14-10-7-12-4-5-13(8-10)16(12)9-11-3-1-2-6-15-11/h1-3,6,10,12-13H,4-5,7-9,14H2. The van der Waals surface area contributed by atoms with Crippen molar-refractivity contribution in [3.63, 3.8) is 0 Å². The molecule has 2 unspecified atom stereocenters. The lowest BCUT2D eigenvalue weighted by atomic mass is 9.98. The van der Waals surface area contributed by atoms with E-state index in [1.165, 1.54) is 31.4 Å². The molecule has 2 aliphatic rings. The van der Waals surface area contributed by atoms with Gasteiger partial charge in [-0.3, -0.25) is 9.88 Å². The predicted molar refractivity (Wildman–Crippen MR) is 63.8 cm³/mol. The second kappa shape index (κ2) is 4.15. The molecular formula is C13H19N3. The third-order valence-electron chi connectivity index (χ3n) is 3.99. The van der Waals surface area contributed by atoms with E-state index in [-0.39, 0.29) is 0 Å². The molecule has 2 bridgehead atoms. The Morgan fingerprint density at radius 1 is 1.25 bits per heavy atom. The zero-order chi connectivity index (χ0) is 11.0. The Balaban J connectivity index is 1.72. The van der Waals surface area contributed by atoms with Crippen LogP contribution in [0.3, 0.4) is 0 Å². The number of rotatable bonds is 2. The molecule has 0 saturated carbocycles. The largest absolute Gasteiger partial charge is 0.328 e. The van der Waals surface area contributed by atoms with Crippen molar-refractivity contribution in [2.75, 3.05) is 0 Å². The van der Waals surface area contributed by atoms with Gasteiger partial charge in [0.05, 0.1) is 5.69 Å². The van der Waals surface area contributed by atoms with Crippen LogP contribution in [0.15, 0.2) is 24.4 Å². The van der Waals surface area contributed by atoms with Crippen molar-refractivity contribution in [1.29, 1.82) is 0 Å². The number of nitrogens with zero attached hydrogens (tertiary/aromatic N) is 2. The molecule has 2 atom stereocenters. The highest BCUT2D eigenvalue weighted by Gasteiger charge is 2.39. The summed E-state index contributed by atoms with van der Waals surface area (Å²) in [6, 6.07) is 8.00. The smallest absolute Gasteiger partial charge is 0.0544 e. The molecule has 3 nitrogen and oxygen atoms in total. The maximum atomic E-state index is 6.07. The van der Waals surface area contributed by atoms with Crippen molar-refractivity contribution in [3.8, 4) is 0 Å². The molecular weight excluding hydrogens is 198 g/mol. The molecule has 2 aliphatic heterocycles. The van der Waals surface area contributed by atoms with E-state index in [1.807, 2.05) is 12.3 Å². The second-order valence-corrected chi connectivity index (χ2v) is 5.11. The second-order valence-electron chi connectivity index (χ2n) is 5.11. The summed E-state index contributed by atoms with van der Waals surface area (Å²) in [4.78, 5) is 7.03. The van der Waals surface area contributed by atoms with Gasteiger partial charge in [-0.2, -0.15) is 0 Å². The van der Waals surface area contributed by atoms with Crippen LogP contribution in [-0.4, -0.2) is 28.0 Å². The van der Waals surface area contributed by atoms with Crippen LogP contribution >= 0.6 is 0 Å². The van der Waals surface area contributed by atoms with Crippen molar-refractivity contribution in [1.82, 2.24) is 9.88 Å². The van der Waals surface area contributed by atoms with E-state index in [1.54, 1.807) is 0 Å². The van der Waals surface area contributed by atoms with E-state index in [2.05, 4.69) is 22.0 Å². The molecule has 0 amide bonds. The van der Waals surface area contributed by atoms with Crippen LogP contribution in [0.2, 0.25) is 0 Å². The minimum atomic E-state index is 0.428. The Bertz CT molecular complexity index is 337. The lowest BCUT2D eigenvalue weighted by Crippen LogP contribution is -2.46. The van der Waals surface area contributed by atoms with Gasteiger partial charge in [-0.1, -0.05) is 6.07 Å². The van der Waals surface area contributed by atoms with Gasteiger partial charge in [-0.15, -0.1) is 0 Å². The number of aromatic nitrogens is 1. The van der Waals surface area contributed by atoms with Crippen molar-refractivity contribution < 1.29 is 0 Å². The molecule has 0 aliphatic carbocycles. The number of hydrogen-bond acceptors (Lipinski definition) is 3. The first-order valence-electron chi connectivity index (χ1n) is 6.24. The summed E-state index contributed by atoms with van der Waals surface area (Å²) in [5.74, 6) is 0. The lowest BCUT2D eigenvalue weighted by Gasteiger charge is -2.37. The third-order valence-corrected chi connectivity index (χ3v) is 3.99. The topological polar surface area (TPSA) is 42.1 Å². The highest BCUT2D eigenvalue weighted by atomic mass is 15.2. The average Bonchev–Trinajstić information content (AvgIpc) is 2.54. The first-order valence-corrected chi connectivity index (χ1v) is 6.24. The number of piperidine rings is 1. The van der Waals surface area contributed by atoms with Gasteiger partial charge < -0.3 is 5.73 Å². The summed E-state index contributed by atoms with van der Waals surface area (Å²) >= 11 is 0. The highest BCUT2D eigenvalue weighted by Crippen LogP contribution is 2.35. The fourth-order valence-corrected chi connectivity index (χ4v) is 3.25. The van der Waals surface area contributed by atoms with Crippen LogP contribution in [0.1, 0.15) is 31.4 Å². The first-order chi connectivity index (χ1) is 7.83. The Hall–Kier alpha value is -0.930. The van der Waals surface area contributed by atoms with Gasteiger partial charge >= 0.3 is 0 Å². The SMILES string of the molecule is NC1CC2CCC(C1)N2Cc1ccccn1. The summed E-state index contributed by atoms with van der Waals surface area (Å²) < 4.78 is 0. The molecule has 0 spiro atoms. The Labute approximate surface area is 96.7 Å². The molecule has 3 heteroatoms. The van der Waals surface area contributed by atoms with Gasteiger partial charge in [0.25, 0.3) is 0 Å². The van der Waals surface area contributed by atoms with E-state index >= 15 is 0 Å². The van der Waals surface area contributed by atoms with Crippen molar-refractivity contribution in [3.05, 3.63) is 30.1 Å². The number of pyridine rings is 1. The highest BCUT2D eigenvalue weighted by molar-refractivity contribution is 5.06. The molecule has 2 fully saturated rings. The fourth-order valence-electron chi connectivity index (χ4n) is 3.25. The molecule has 1 aromatic rings. The fraction of sp³-hybridized carbons (Fsp3) is 0.615. The van der Waals surface area contributed by atoms with Crippen LogP contribution in [0.4, 0.5) is 0 Å². The van der Waals surface area contributed by atoms with E-state index < -0.39 is 0 Å². The van der Waals surface area contributed by atoms with E-state index in [0.29, 0.717) is 18.1 Å². The quantitative estimate of drug-likeness (QED) is 0.817. The molecule has 86 valence electrons. The Morgan fingerprint density at radius 3 is 2.62 bits per heavy atom. The average molecular weight is 217 g/mol.